The molecule has 1 aromatic carbocycles. The largest absolute Gasteiger partial charge is 0.378 e. The third-order valence-corrected chi connectivity index (χ3v) is 4.52. The molecule has 100 valence electrons. The summed E-state index contributed by atoms with van der Waals surface area (Å²) < 4.78 is 1.12. The number of rotatable bonds is 4. The Labute approximate surface area is 130 Å². The number of carbonyl (C=O) groups is 1. The molecule has 0 spiro atoms. The molecule has 0 atom stereocenters. The Morgan fingerprint density at radius 1 is 1.32 bits per heavy atom. The van der Waals surface area contributed by atoms with Crippen molar-refractivity contribution in [1.82, 2.24) is 5.32 Å². The van der Waals surface area contributed by atoms with Crippen LogP contribution < -0.4 is 10.2 Å². The number of anilines is 1. The Morgan fingerprint density at radius 3 is 2.53 bits per heavy atom. The Hall–Kier alpha value is -1.08. The zero-order chi connectivity index (χ0) is 13.8. The third kappa shape index (κ3) is 3.94. The quantitative estimate of drug-likeness (QED) is 0.818. The van der Waals surface area contributed by atoms with Gasteiger partial charge in [-0.15, -0.1) is 11.3 Å². The molecule has 0 saturated carbocycles. The second kappa shape index (κ2) is 6.38. The van der Waals surface area contributed by atoms with Crippen molar-refractivity contribution < 1.29 is 4.79 Å². The third-order valence-electron chi connectivity index (χ3n) is 2.74. The number of carbonyl (C=O) groups excluding carboxylic acids is 1. The van der Waals surface area contributed by atoms with Crippen molar-refractivity contribution in [3.05, 3.63) is 49.7 Å². The topological polar surface area (TPSA) is 32.3 Å². The first-order chi connectivity index (χ1) is 9.06. The fourth-order valence-electron chi connectivity index (χ4n) is 1.63. The first kappa shape index (κ1) is 14.3. The average Bonchev–Trinajstić information content (AvgIpc) is 2.83. The molecule has 0 aliphatic carbocycles. The van der Waals surface area contributed by atoms with Gasteiger partial charge in [-0.3, -0.25) is 4.79 Å². The summed E-state index contributed by atoms with van der Waals surface area (Å²) in [5, 5.41) is 4.81. The van der Waals surface area contributed by atoms with Crippen molar-refractivity contribution in [2.75, 3.05) is 19.0 Å². The summed E-state index contributed by atoms with van der Waals surface area (Å²) in [5.74, 6) is -0.0177. The van der Waals surface area contributed by atoms with Crippen LogP contribution in [0.15, 0.2) is 35.7 Å². The molecule has 2 aromatic rings. The average molecular weight is 386 g/mol. The maximum atomic E-state index is 11.9. The van der Waals surface area contributed by atoms with Crippen LogP contribution in [0.2, 0.25) is 0 Å². The predicted octanol–water partition coefficient (Wildman–Crippen LogP) is 3.35. The second-order valence-electron chi connectivity index (χ2n) is 4.38. The molecule has 0 aliphatic heterocycles. The van der Waals surface area contributed by atoms with Crippen LogP contribution in [0, 0.1) is 2.88 Å². The summed E-state index contributed by atoms with van der Waals surface area (Å²) in [6, 6.07) is 10.1. The molecule has 0 unspecified atom stereocenters. The molecule has 2 rings (SSSR count). The van der Waals surface area contributed by atoms with E-state index in [0.29, 0.717) is 6.54 Å². The summed E-state index contributed by atoms with van der Waals surface area (Å²) in [5.41, 5.74) is 2.99. The van der Waals surface area contributed by atoms with Gasteiger partial charge in [0.25, 0.3) is 5.91 Å². The zero-order valence-corrected chi connectivity index (χ0v) is 13.8. The molecule has 1 heterocycles. The molecule has 0 bridgehead atoms. The van der Waals surface area contributed by atoms with Crippen LogP contribution >= 0.6 is 33.9 Å². The molecule has 1 amide bonds. The Kier molecular flexibility index (Phi) is 4.81. The number of nitrogens with one attached hydrogen (secondary N) is 1. The van der Waals surface area contributed by atoms with Gasteiger partial charge in [0, 0.05) is 31.7 Å². The standard InChI is InChI=1S/C14H15IN2OS/c1-17(2)12-5-3-10(4-6-12)8-16-14(18)11-7-13(15)19-9-11/h3-7,9H,8H2,1-2H3,(H,16,18). The lowest BCUT2D eigenvalue weighted by Gasteiger charge is -2.12. The van der Waals surface area contributed by atoms with Crippen molar-refractivity contribution in [3.63, 3.8) is 0 Å². The van der Waals surface area contributed by atoms with E-state index in [1.165, 1.54) is 0 Å². The van der Waals surface area contributed by atoms with Gasteiger partial charge in [-0.25, -0.2) is 0 Å². The predicted molar refractivity (Wildman–Crippen MR) is 89.0 cm³/mol. The zero-order valence-electron chi connectivity index (χ0n) is 10.8. The minimum Gasteiger partial charge on any atom is -0.378 e. The highest BCUT2D eigenvalue weighted by atomic mass is 127. The van der Waals surface area contributed by atoms with Crippen LogP contribution in [-0.4, -0.2) is 20.0 Å². The van der Waals surface area contributed by atoms with E-state index in [4.69, 9.17) is 0 Å². The Morgan fingerprint density at radius 2 is 2.00 bits per heavy atom. The van der Waals surface area contributed by atoms with Gasteiger partial charge in [0.15, 0.2) is 0 Å². The van der Waals surface area contributed by atoms with Gasteiger partial charge in [-0.1, -0.05) is 12.1 Å². The number of hydrogen-bond donors (Lipinski definition) is 1. The van der Waals surface area contributed by atoms with Crippen LogP contribution in [0.5, 0.6) is 0 Å². The highest BCUT2D eigenvalue weighted by molar-refractivity contribution is 14.1. The Bertz CT molecular complexity index is 563. The van der Waals surface area contributed by atoms with Crippen molar-refractivity contribution in [3.8, 4) is 0 Å². The van der Waals surface area contributed by atoms with Crippen LogP contribution in [0.4, 0.5) is 5.69 Å². The Balaban J connectivity index is 1.93. The van der Waals surface area contributed by atoms with E-state index in [-0.39, 0.29) is 5.91 Å². The molecular formula is C14H15IN2OS. The van der Waals surface area contributed by atoms with E-state index in [1.54, 1.807) is 11.3 Å². The molecular weight excluding hydrogens is 371 g/mol. The molecule has 3 nitrogen and oxygen atoms in total. The number of nitrogens with zero attached hydrogens (tertiary/aromatic N) is 1. The van der Waals surface area contributed by atoms with Gasteiger partial charge in [0.1, 0.15) is 0 Å². The van der Waals surface area contributed by atoms with E-state index in [0.717, 1.165) is 19.7 Å². The van der Waals surface area contributed by atoms with Crippen LogP contribution in [-0.2, 0) is 6.54 Å². The first-order valence-electron chi connectivity index (χ1n) is 5.85. The van der Waals surface area contributed by atoms with Crippen molar-refractivity contribution >= 4 is 45.5 Å². The number of hydrogen-bond acceptors (Lipinski definition) is 3. The maximum absolute atomic E-state index is 11.9. The highest BCUT2D eigenvalue weighted by Gasteiger charge is 2.07. The molecule has 1 N–H and O–H groups in total. The number of amides is 1. The van der Waals surface area contributed by atoms with Crippen molar-refractivity contribution in [2.24, 2.45) is 0 Å². The number of benzene rings is 1. The summed E-state index contributed by atoms with van der Waals surface area (Å²) in [4.78, 5) is 13.9. The summed E-state index contributed by atoms with van der Waals surface area (Å²) in [6.07, 6.45) is 0. The fourth-order valence-corrected chi connectivity index (χ4v) is 2.95. The van der Waals surface area contributed by atoms with Gasteiger partial charge in [0.05, 0.1) is 8.45 Å². The number of thiophene rings is 1. The lowest BCUT2D eigenvalue weighted by Crippen LogP contribution is -2.22. The van der Waals surface area contributed by atoms with Gasteiger partial charge in [-0.2, -0.15) is 0 Å². The SMILES string of the molecule is CN(C)c1ccc(CNC(=O)c2csc(I)c2)cc1. The van der Waals surface area contributed by atoms with Crippen LogP contribution in [0.25, 0.3) is 0 Å². The first-order valence-corrected chi connectivity index (χ1v) is 7.80. The summed E-state index contributed by atoms with van der Waals surface area (Å²) in [7, 11) is 4.02. The molecule has 0 radical (unpaired) electrons. The summed E-state index contributed by atoms with van der Waals surface area (Å²) in [6.45, 7) is 0.555. The molecule has 19 heavy (non-hydrogen) atoms. The summed E-state index contributed by atoms with van der Waals surface area (Å²) >= 11 is 3.80. The minimum atomic E-state index is -0.0177. The molecule has 0 saturated heterocycles. The van der Waals surface area contributed by atoms with Gasteiger partial charge in [-0.05, 0) is 46.4 Å². The van der Waals surface area contributed by atoms with E-state index >= 15 is 0 Å². The molecule has 1 aromatic heterocycles. The molecule has 0 fully saturated rings. The highest BCUT2D eigenvalue weighted by Crippen LogP contribution is 2.17. The molecule has 0 aliphatic rings. The number of halogens is 1. The maximum Gasteiger partial charge on any atom is 0.252 e. The van der Waals surface area contributed by atoms with E-state index in [1.807, 2.05) is 37.7 Å². The van der Waals surface area contributed by atoms with Gasteiger partial charge >= 0.3 is 0 Å². The van der Waals surface area contributed by atoms with Gasteiger partial charge in [0.2, 0.25) is 0 Å². The van der Waals surface area contributed by atoms with E-state index in [2.05, 4.69) is 44.9 Å². The van der Waals surface area contributed by atoms with Gasteiger partial charge < -0.3 is 10.2 Å². The second-order valence-corrected chi connectivity index (χ2v) is 7.19. The fraction of sp³-hybridized carbons (Fsp3) is 0.214. The lowest BCUT2D eigenvalue weighted by atomic mass is 10.2. The lowest BCUT2D eigenvalue weighted by molar-refractivity contribution is 0.0951. The monoisotopic (exact) mass is 386 g/mol. The molecule has 5 heteroatoms. The minimum absolute atomic E-state index is 0.0177. The van der Waals surface area contributed by atoms with Crippen LogP contribution in [0.1, 0.15) is 15.9 Å². The van der Waals surface area contributed by atoms with Crippen molar-refractivity contribution in [1.29, 1.82) is 0 Å². The smallest absolute Gasteiger partial charge is 0.252 e. The van der Waals surface area contributed by atoms with Crippen LogP contribution in [0.3, 0.4) is 0 Å². The normalized spacial score (nSPS) is 10.3. The van der Waals surface area contributed by atoms with Crippen molar-refractivity contribution in [2.45, 2.75) is 6.54 Å². The van der Waals surface area contributed by atoms with E-state index < -0.39 is 0 Å². The van der Waals surface area contributed by atoms with E-state index in [9.17, 15) is 4.79 Å².